The lowest BCUT2D eigenvalue weighted by molar-refractivity contribution is -0.139. The van der Waals surface area contributed by atoms with Crippen LogP contribution >= 0.6 is 11.8 Å². The number of anilines is 1. The van der Waals surface area contributed by atoms with Gasteiger partial charge < -0.3 is 10.4 Å². The van der Waals surface area contributed by atoms with Crippen molar-refractivity contribution < 1.29 is 27.9 Å². The summed E-state index contributed by atoms with van der Waals surface area (Å²) < 4.78 is 37.1. The van der Waals surface area contributed by atoms with Gasteiger partial charge in [0.1, 0.15) is 0 Å². The molecule has 108 valence electrons. The summed E-state index contributed by atoms with van der Waals surface area (Å²) in [6.07, 6.45) is 0.218. The van der Waals surface area contributed by atoms with Crippen molar-refractivity contribution in [2.75, 3.05) is 5.32 Å². The van der Waals surface area contributed by atoms with Gasteiger partial charge in [0, 0.05) is 4.90 Å². The Morgan fingerprint density at radius 2 is 1.90 bits per heavy atom. The van der Waals surface area contributed by atoms with Gasteiger partial charge in [-0.05, 0) is 30.3 Å². The number of carboxylic acids is 1. The minimum Gasteiger partial charge on any atom is -0.481 e. The fourth-order valence-corrected chi connectivity index (χ4v) is 2.39. The number of hydrogen-bond donors (Lipinski definition) is 2. The molecule has 0 unspecified atom stereocenters. The summed E-state index contributed by atoms with van der Waals surface area (Å²) in [5, 5.41) is 11.1. The first-order valence-electron chi connectivity index (χ1n) is 5.66. The van der Waals surface area contributed by atoms with E-state index in [9.17, 15) is 22.8 Å². The fourth-order valence-electron chi connectivity index (χ4n) is 1.77. The first-order valence-corrected chi connectivity index (χ1v) is 6.48. The molecule has 0 heterocycles. The van der Waals surface area contributed by atoms with E-state index in [2.05, 4.69) is 5.32 Å². The second-order valence-electron chi connectivity index (χ2n) is 4.32. The van der Waals surface area contributed by atoms with Gasteiger partial charge in [-0.1, -0.05) is 12.1 Å². The normalized spacial score (nSPS) is 21.4. The molecule has 1 fully saturated rings. The van der Waals surface area contributed by atoms with E-state index in [4.69, 9.17) is 5.11 Å². The molecule has 8 heteroatoms. The van der Waals surface area contributed by atoms with Crippen LogP contribution in [0.4, 0.5) is 18.9 Å². The molecule has 0 bridgehead atoms. The number of aliphatic carboxylic acids is 1. The van der Waals surface area contributed by atoms with E-state index in [-0.39, 0.29) is 28.8 Å². The van der Waals surface area contributed by atoms with Crippen LogP contribution in [0.15, 0.2) is 29.2 Å². The summed E-state index contributed by atoms with van der Waals surface area (Å²) >= 11 is -0.322. The van der Waals surface area contributed by atoms with Crippen LogP contribution in [0.2, 0.25) is 0 Å². The number of amides is 1. The zero-order valence-corrected chi connectivity index (χ0v) is 10.8. The molecule has 1 saturated carbocycles. The Morgan fingerprint density at radius 1 is 1.25 bits per heavy atom. The summed E-state index contributed by atoms with van der Waals surface area (Å²) in [6, 6.07) is 5.53. The average molecular weight is 305 g/mol. The maximum Gasteiger partial charge on any atom is 0.446 e. The van der Waals surface area contributed by atoms with Gasteiger partial charge in [-0.3, -0.25) is 9.59 Å². The summed E-state index contributed by atoms with van der Waals surface area (Å²) in [4.78, 5) is 22.3. The van der Waals surface area contributed by atoms with Crippen molar-refractivity contribution >= 4 is 29.3 Å². The second-order valence-corrected chi connectivity index (χ2v) is 5.43. The minimum absolute atomic E-state index is 0.0378. The lowest BCUT2D eigenvalue weighted by atomic mass is 10.2. The van der Waals surface area contributed by atoms with Crippen molar-refractivity contribution in [2.24, 2.45) is 11.8 Å². The van der Waals surface area contributed by atoms with Crippen LogP contribution in [-0.2, 0) is 9.59 Å². The van der Waals surface area contributed by atoms with E-state index >= 15 is 0 Å². The van der Waals surface area contributed by atoms with Crippen LogP contribution in [0, 0.1) is 11.8 Å². The Hall–Kier alpha value is -1.70. The van der Waals surface area contributed by atoms with Crippen molar-refractivity contribution in [3.8, 4) is 0 Å². The number of carboxylic acid groups (broad SMARTS) is 1. The molecule has 0 radical (unpaired) electrons. The number of para-hydroxylation sites is 1. The molecular formula is C12H10F3NO3S. The molecule has 1 aliphatic rings. The van der Waals surface area contributed by atoms with Crippen molar-refractivity contribution in [3.63, 3.8) is 0 Å². The van der Waals surface area contributed by atoms with E-state index in [0.717, 1.165) is 0 Å². The summed E-state index contributed by atoms with van der Waals surface area (Å²) in [5.74, 6) is -3.04. The van der Waals surface area contributed by atoms with Crippen LogP contribution in [0.5, 0.6) is 0 Å². The van der Waals surface area contributed by atoms with E-state index in [1.54, 1.807) is 0 Å². The molecule has 4 nitrogen and oxygen atoms in total. The lowest BCUT2D eigenvalue weighted by Crippen LogP contribution is -2.17. The predicted octanol–water partition coefficient (Wildman–Crippen LogP) is 2.96. The first kappa shape index (κ1) is 14.7. The van der Waals surface area contributed by atoms with Crippen molar-refractivity contribution in [1.82, 2.24) is 0 Å². The first-order chi connectivity index (χ1) is 9.28. The van der Waals surface area contributed by atoms with Gasteiger partial charge >= 0.3 is 11.5 Å². The molecular weight excluding hydrogens is 295 g/mol. The predicted molar refractivity (Wildman–Crippen MR) is 66.2 cm³/mol. The Labute approximate surface area is 116 Å². The summed E-state index contributed by atoms with van der Waals surface area (Å²) in [7, 11) is 0. The Kier molecular flexibility index (Phi) is 3.94. The van der Waals surface area contributed by atoms with Gasteiger partial charge in [0.2, 0.25) is 5.91 Å². The largest absolute Gasteiger partial charge is 0.481 e. The zero-order valence-electron chi connectivity index (χ0n) is 9.98. The van der Waals surface area contributed by atoms with Crippen LogP contribution in [-0.4, -0.2) is 22.5 Å². The molecule has 2 rings (SSSR count). The number of carbonyl (C=O) groups excluding carboxylic acids is 1. The average Bonchev–Trinajstić information content (AvgIpc) is 3.09. The Bertz CT molecular complexity index is 547. The molecule has 0 spiro atoms. The highest BCUT2D eigenvalue weighted by Crippen LogP contribution is 2.42. The second kappa shape index (κ2) is 5.35. The van der Waals surface area contributed by atoms with Crippen molar-refractivity contribution in [3.05, 3.63) is 24.3 Å². The lowest BCUT2D eigenvalue weighted by Gasteiger charge is -2.11. The van der Waals surface area contributed by atoms with E-state index in [0.29, 0.717) is 0 Å². The third-order valence-corrected chi connectivity index (χ3v) is 3.62. The Balaban J connectivity index is 2.06. The molecule has 1 aromatic carbocycles. The smallest absolute Gasteiger partial charge is 0.446 e. The third kappa shape index (κ3) is 3.66. The molecule has 1 aromatic rings. The molecule has 0 aliphatic heterocycles. The van der Waals surface area contributed by atoms with E-state index < -0.39 is 29.2 Å². The topological polar surface area (TPSA) is 66.4 Å². The molecule has 0 aromatic heterocycles. The Morgan fingerprint density at radius 3 is 2.45 bits per heavy atom. The van der Waals surface area contributed by atoms with Gasteiger partial charge in [0.25, 0.3) is 0 Å². The molecule has 1 amide bonds. The highest BCUT2D eigenvalue weighted by Gasteiger charge is 2.48. The number of alkyl halides is 3. The van der Waals surface area contributed by atoms with Crippen LogP contribution in [0.1, 0.15) is 6.42 Å². The molecule has 2 N–H and O–H groups in total. The van der Waals surface area contributed by atoms with Crippen LogP contribution in [0.3, 0.4) is 0 Å². The molecule has 1 aliphatic carbocycles. The maximum absolute atomic E-state index is 12.4. The minimum atomic E-state index is -4.45. The number of rotatable bonds is 4. The van der Waals surface area contributed by atoms with Gasteiger partial charge in [0.15, 0.2) is 0 Å². The summed E-state index contributed by atoms with van der Waals surface area (Å²) in [5.41, 5.74) is -4.42. The standard InChI is InChI=1S/C12H10F3NO3S/c13-12(14,15)20-9-4-2-1-3-8(9)16-10(17)6-5-7(6)11(18)19/h1-4,6-7H,5H2,(H,16,17)(H,18,19)/t6-,7+/m1/s1. The number of thioether (sulfide) groups is 1. The van der Waals surface area contributed by atoms with Gasteiger partial charge in [-0.15, -0.1) is 0 Å². The number of hydrogen-bond acceptors (Lipinski definition) is 3. The van der Waals surface area contributed by atoms with Gasteiger partial charge in [0.05, 0.1) is 17.5 Å². The van der Waals surface area contributed by atoms with E-state index in [1.165, 1.54) is 24.3 Å². The van der Waals surface area contributed by atoms with Gasteiger partial charge in [-0.25, -0.2) is 0 Å². The number of halogens is 3. The quantitative estimate of drug-likeness (QED) is 0.839. The number of carbonyl (C=O) groups is 2. The van der Waals surface area contributed by atoms with Crippen LogP contribution in [0.25, 0.3) is 0 Å². The SMILES string of the molecule is O=C(O)[C@H]1C[C@H]1C(=O)Nc1ccccc1SC(F)(F)F. The molecule has 2 atom stereocenters. The highest BCUT2D eigenvalue weighted by molar-refractivity contribution is 8.00. The van der Waals surface area contributed by atoms with E-state index in [1.807, 2.05) is 0 Å². The number of nitrogens with one attached hydrogen (secondary N) is 1. The van der Waals surface area contributed by atoms with Crippen molar-refractivity contribution in [1.29, 1.82) is 0 Å². The summed E-state index contributed by atoms with van der Waals surface area (Å²) in [6.45, 7) is 0. The molecule has 20 heavy (non-hydrogen) atoms. The number of benzene rings is 1. The monoisotopic (exact) mass is 305 g/mol. The highest BCUT2D eigenvalue weighted by atomic mass is 32.2. The third-order valence-electron chi connectivity index (χ3n) is 2.82. The zero-order chi connectivity index (χ0) is 14.9. The maximum atomic E-state index is 12.4. The van der Waals surface area contributed by atoms with Crippen molar-refractivity contribution in [2.45, 2.75) is 16.8 Å². The van der Waals surface area contributed by atoms with Gasteiger partial charge in [-0.2, -0.15) is 13.2 Å². The fraction of sp³-hybridized carbons (Fsp3) is 0.333. The van der Waals surface area contributed by atoms with Crippen LogP contribution < -0.4 is 5.32 Å². The molecule has 0 saturated heterocycles.